The summed E-state index contributed by atoms with van der Waals surface area (Å²) in [5, 5.41) is 10.8. The van der Waals surface area contributed by atoms with Crippen LogP contribution in [0.3, 0.4) is 0 Å². The van der Waals surface area contributed by atoms with E-state index in [1.165, 1.54) is 12.1 Å². The Balaban J connectivity index is 0.000000144. The number of benzene rings is 8. The van der Waals surface area contributed by atoms with Crippen molar-refractivity contribution in [3.63, 3.8) is 0 Å². The molecule has 0 spiro atoms. The second-order valence-electron chi connectivity index (χ2n) is 9.75. The van der Waals surface area contributed by atoms with E-state index in [2.05, 4.69) is 0 Å². The van der Waals surface area contributed by atoms with Crippen LogP contribution in [-0.4, -0.2) is 63.7 Å². The van der Waals surface area contributed by atoms with Crippen LogP contribution in [0.15, 0.2) is 119 Å². The number of hydrogen-bond acceptors (Lipinski definition) is 6. The molecule has 0 aromatic heterocycles. The Hall–Kier alpha value is -3.08. The molecule has 0 heterocycles. The van der Waals surface area contributed by atoms with Crippen molar-refractivity contribution in [2.24, 2.45) is 0 Å². The molecule has 0 saturated heterocycles. The summed E-state index contributed by atoms with van der Waals surface area (Å²) < 4.78 is 68.5. The molecule has 0 N–H and O–H groups in total. The van der Waals surface area contributed by atoms with Gasteiger partial charge < -0.3 is 9.11 Å². The van der Waals surface area contributed by atoms with Crippen LogP contribution < -0.4 is 0 Å². The van der Waals surface area contributed by atoms with Crippen molar-refractivity contribution < 1.29 is 25.9 Å². The third kappa shape index (κ3) is 4.60. The zero-order chi connectivity index (χ0) is 27.8. The van der Waals surface area contributed by atoms with Gasteiger partial charge in [-0.25, -0.2) is 16.8 Å². The zero-order valence-electron chi connectivity index (χ0n) is 21.4. The van der Waals surface area contributed by atoms with Crippen LogP contribution >= 0.6 is 0 Å². The van der Waals surface area contributed by atoms with Crippen LogP contribution in [0.1, 0.15) is 0 Å². The van der Waals surface area contributed by atoms with Gasteiger partial charge in [0.1, 0.15) is 20.2 Å². The van der Waals surface area contributed by atoms with Crippen LogP contribution in [0.4, 0.5) is 0 Å². The van der Waals surface area contributed by atoms with Gasteiger partial charge in [-0.15, -0.1) is 0 Å². The molecule has 41 heavy (non-hydrogen) atoms. The van der Waals surface area contributed by atoms with Gasteiger partial charge in [-0.3, -0.25) is 0 Å². The molecule has 196 valence electrons. The number of hydrogen-bond donors (Lipinski definition) is 0. The smallest absolute Gasteiger partial charge is 0.744 e. The van der Waals surface area contributed by atoms with E-state index in [1.54, 1.807) is 24.3 Å². The average Bonchev–Trinajstić information content (AvgIpc) is 2.94. The molecule has 0 radical (unpaired) electrons. The normalized spacial score (nSPS) is 12.3. The predicted octanol–water partition coefficient (Wildman–Crippen LogP) is 6.60. The summed E-state index contributed by atoms with van der Waals surface area (Å²) in [4.78, 5) is -0.300. The molecule has 0 unspecified atom stereocenters. The molecule has 0 saturated carbocycles. The topological polar surface area (TPSA) is 114 Å². The van der Waals surface area contributed by atoms with Gasteiger partial charge in [-0.05, 0) is 66.0 Å². The van der Waals surface area contributed by atoms with E-state index >= 15 is 0 Å². The monoisotopic (exact) mass is 602 g/mol. The summed E-state index contributed by atoms with van der Waals surface area (Å²) >= 11 is 0. The van der Waals surface area contributed by atoms with E-state index < -0.39 is 20.2 Å². The molecular formula is C32H18CaO6S2. The molecule has 8 aromatic carbocycles. The van der Waals surface area contributed by atoms with E-state index in [1.807, 2.05) is 72.8 Å². The molecule has 0 aliphatic heterocycles. The first kappa shape index (κ1) is 28.1. The van der Waals surface area contributed by atoms with Gasteiger partial charge in [0.15, 0.2) is 0 Å². The van der Waals surface area contributed by atoms with Gasteiger partial charge in [0.05, 0.1) is 9.79 Å². The summed E-state index contributed by atoms with van der Waals surface area (Å²) in [5.41, 5.74) is 0. The fraction of sp³-hybridized carbons (Fsp3) is 0. The molecule has 0 bridgehead atoms. The SMILES string of the molecule is O=S(=O)([O-])c1ccc2ccc3cccc4ccc1c2c34.O=S(=O)([O-])c1ccc2ccc3cccc4ccc1c2c34.[Ca+2]. The van der Waals surface area contributed by atoms with Gasteiger partial charge in [0.25, 0.3) is 0 Å². The Bertz CT molecular complexity index is 2280. The minimum absolute atomic E-state index is 0. The summed E-state index contributed by atoms with van der Waals surface area (Å²) in [6.07, 6.45) is 0. The fourth-order valence-corrected chi connectivity index (χ4v) is 7.20. The zero-order valence-corrected chi connectivity index (χ0v) is 25.2. The molecule has 8 aromatic rings. The Morgan fingerprint density at radius 2 is 0.634 bits per heavy atom. The van der Waals surface area contributed by atoms with Gasteiger partial charge in [0, 0.05) is 10.8 Å². The predicted molar refractivity (Wildman–Crippen MR) is 162 cm³/mol. The Labute approximate surface area is 265 Å². The quantitative estimate of drug-likeness (QED) is 0.125. The second kappa shape index (κ2) is 10.0. The summed E-state index contributed by atoms with van der Waals surface area (Å²) in [7, 11) is -8.96. The summed E-state index contributed by atoms with van der Waals surface area (Å²) in [5.74, 6) is 0. The van der Waals surface area contributed by atoms with Crippen LogP contribution in [0, 0.1) is 0 Å². The Morgan fingerprint density at radius 1 is 0.366 bits per heavy atom. The molecular weight excluding hydrogens is 585 g/mol. The van der Waals surface area contributed by atoms with Crippen molar-refractivity contribution >= 4 is 123 Å². The van der Waals surface area contributed by atoms with Gasteiger partial charge in [-0.1, -0.05) is 97.1 Å². The fourth-order valence-electron chi connectivity index (χ4n) is 5.85. The molecule has 0 atom stereocenters. The van der Waals surface area contributed by atoms with Crippen LogP contribution in [0.5, 0.6) is 0 Å². The first-order chi connectivity index (χ1) is 19.1. The van der Waals surface area contributed by atoms with Crippen LogP contribution in [-0.2, 0) is 20.2 Å². The Kier molecular flexibility index (Phi) is 6.86. The van der Waals surface area contributed by atoms with Crippen molar-refractivity contribution in [2.75, 3.05) is 0 Å². The van der Waals surface area contributed by atoms with Gasteiger partial charge in [0.2, 0.25) is 0 Å². The molecule has 0 aliphatic carbocycles. The van der Waals surface area contributed by atoms with E-state index in [0.717, 1.165) is 53.9 Å². The van der Waals surface area contributed by atoms with E-state index in [0.29, 0.717) is 10.8 Å². The third-order valence-electron chi connectivity index (χ3n) is 7.52. The van der Waals surface area contributed by atoms with E-state index in [4.69, 9.17) is 0 Å². The first-order valence-corrected chi connectivity index (χ1v) is 15.2. The molecule has 0 aliphatic rings. The van der Waals surface area contributed by atoms with Crippen molar-refractivity contribution in [3.05, 3.63) is 109 Å². The van der Waals surface area contributed by atoms with Crippen LogP contribution in [0.25, 0.3) is 64.6 Å². The summed E-state index contributed by atoms with van der Waals surface area (Å²) in [6.45, 7) is 0. The molecule has 6 nitrogen and oxygen atoms in total. The van der Waals surface area contributed by atoms with E-state index in [9.17, 15) is 25.9 Å². The molecule has 9 heteroatoms. The van der Waals surface area contributed by atoms with Gasteiger partial charge in [-0.2, -0.15) is 0 Å². The van der Waals surface area contributed by atoms with Crippen molar-refractivity contribution in [1.29, 1.82) is 0 Å². The largest absolute Gasteiger partial charge is 2.00 e. The third-order valence-corrected chi connectivity index (χ3v) is 9.31. The standard InChI is InChI=1S/2C16H10O3S.Ca/c2*17-20(18,19)14-9-7-12-5-4-10-2-1-3-11-6-8-13(14)16(12)15(10)11;/h2*1-9H,(H,17,18,19);/q;;+2/p-2. The maximum Gasteiger partial charge on any atom is 2.00 e. The van der Waals surface area contributed by atoms with Crippen LogP contribution in [0.2, 0.25) is 0 Å². The molecule has 8 rings (SSSR count). The maximum absolute atomic E-state index is 11.4. The van der Waals surface area contributed by atoms with Crippen molar-refractivity contribution in [3.8, 4) is 0 Å². The number of rotatable bonds is 2. The molecule has 0 amide bonds. The molecule has 0 fully saturated rings. The Morgan fingerprint density at radius 3 is 0.951 bits per heavy atom. The maximum atomic E-state index is 11.4. The minimum atomic E-state index is -4.48. The van der Waals surface area contributed by atoms with Crippen molar-refractivity contribution in [2.45, 2.75) is 9.79 Å². The summed E-state index contributed by atoms with van der Waals surface area (Å²) in [6, 6.07) is 33.1. The second-order valence-corrected chi connectivity index (χ2v) is 12.4. The van der Waals surface area contributed by atoms with Gasteiger partial charge >= 0.3 is 37.7 Å². The average molecular weight is 603 g/mol. The van der Waals surface area contributed by atoms with E-state index in [-0.39, 0.29) is 47.5 Å². The first-order valence-electron chi connectivity index (χ1n) is 12.4. The minimum Gasteiger partial charge on any atom is -0.744 e. The van der Waals surface area contributed by atoms with Crippen molar-refractivity contribution in [1.82, 2.24) is 0 Å².